The van der Waals surface area contributed by atoms with Crippen LogP contribution in [0.15, 0.2) is 18.2 Å². The molecule has 0 spiro atoms. The summed E-state index contributed by atoms with van der Waals surface area (Å²) in [4.78, 5) is 21.0. The molecule has 9 heteroatoms. The van der Waals surface area contributed by atoms with Crippen LogP contribution in [0.4, 0.5) is 18.9 Å². The van der Waals surface area contributed by atoms with Crippen molar-refractivity contribution in [2.24, 2.45) is 0 Å². The largest absolute Gasteiger partial charge is 0.468 e. The van der Waals surface area contributed by atoms with Crippen molar-refractivity contribution < 1.29 is 27.6 Å². The zero-order chi connectivity index (χ0) is 15.5. The van der Waals surface area contributed by atoms with Crippen LogP contribution >= 0.6 is 0 Å². The van der Waals surface area contributed by atoms with E-state index in [-0.39, 0.29) is 6.07 Å². The number of rotatable bonds is 3. The zero-order valence-electron chi connectivity index (χ0n) is 9.97. The van der Waals surface area contributed by atoms with E-state index in [9.17, 15) is 28.1 Å². The predicted molar refractivity (Wildman–Crippen MR) is 58.5 cm³/mol. The Bertz CT molecular complexity index is 592. The summed E-state index contributed by atoms with van der Waals surface area (Å²) in [6.45, 7) is 0. The van der Waals surface area contributed by atoms with Crippen LogP contribution in [-0.4, -0.2) is 18.0 Å². The van der Waals surface area contributed by atoms with Gasteiger partial charge in [0.1, 0.15) is 0 Å². The number of nitro benzene ring substituents is 1. The average Bonchev–Trinajstić information content (AvgIpc) is 2.38. The number of nitrogens with zero attached hydrogens (tertiary/aromatic N) is 2. The number of halogens is 3. The van der Waals surface area contributed by atoms with Crippen LogP contribution in [0.25, 0.3) is 0 Å². The first-order valence-electron chi connectivity index (χ1n) is 5.05. The summed E-state index contributed by atoms with van der Waals surface area (Å²) < 4.78 is 41.8. The minimum absolute atomic E-state index is 0.280. The smallest absolute Gasteiger partial charge is 0.416 e. The Morgan fingerprint density at radius 1 is 1.50 bits per heavy atom. The summed E-state index contributed by atoms with van der Waals surface area (Å²) in [5.74, 6) is -2.75. The molecule has 1 aromatic rings. The monoisotopic (exact) mass is 288 g/mol. The van der Waals surface area contributed by atoms with Gasteiger partial charge in [-0.15, -0.1) is 0 Å². The Hall–Kier alpha value is -2.63. The molecule has 20 heavy (non-hydrogen) atoms. The number of esters is 1. The van der Waals surface area contributed by atoms with Gasteiger partial charge in [-0.05, 0) is 12.1 Å². The van der Waals surface area contributed by atoms with E-state index < -0.39 is 39.8 Å². The number of hydrogen-bond acceptors (Lipinski definition) is 5. The first-order chi connectivity index (χ1) is 9.22. The molecule has 0 N–H and O–H groups in total. The number of nitro groups is 1. The summed E-state index contributed by atoms with van der Waals surface area (Å²) in [6.07, 6.45) is -4.77. The van der Waals surface area contributed by atoms with E-state index in [1.165, 1.54) is 6.07 Å². The Labute approximate surface area is 110 Å². The van der Waals surface area contributed by atoms with Crippen LogP contribution in [-0.2, 0) is 15.7 Å². The van der Waals surface area contributed by atoms with Gasteiger partial charge in [-0.25, -0.2) is 0 Å². The molecule has 0 saturated heterocycles. The van der Waals surface area contributed by atoms with Crippen LogP contribution in [0.2, 0.25) is 0 Å². The number of ether oxygens (including phenoxy) is 1. The lowest BCUT2D eigenvalue weighted by Crippen LogP contribution is -2.15. The van der Waals surface area contributed by atoms with Crippen molar-refractivity contribution in [3.63, 3.8) is 0 Å². The first-order valence-corrected chi connectivity index (χ1v) is 5.05. The second kappa shape index (κ2) is 5.56. The zero-order valence-corrected chi connectivity index (χ0v) is 9.97. The SMILES string of the molecule is COC(=O)[C@@H](C#N)c1ccc(C(F)(F)F)cc1[N+](=O)[O-]. The van der Waals surface area contributed by atoms with Gasteiger partial charge in [0.15, 0.2) is 5.92 Å². The summed E-state index contributed by atoms with van der Waals surface area (Å²) >= 11 is 0. The van der Waals surface area contributed by atoms with Crippen LogP contribution in [0.1, 0.15) is 17.0 Å². The maximum Gasteiger partial charge on any atom is 0.416 e. The molecule has 106 valence electrons. The lowest BCUT2D eigenvalue weighted by Gasteiger charge is -2.11. The van der Waals surface area contributed by atoms with Gasteiger partial charge in [-0.3, -0.25) is 14.9 Å². The molecule has 0 heterocycles. The molecule has 0 radical (unpaired) electrons. The first kappa shape index (κ1) is 15.4. The fourth-order valence-electron chi connectivity index (χ4n) is 1.49. The summed E-state index contributed by atoms with van der Waals surface area (Å²) in [6, 6.07) is 3.04. The van der Waals surface area contributed by atoms with Gasteiger partial charge in [0, 0.05) is 6.07 Å². The molecule has 1 atom stereocenters. The Morgan fingerprint density at radius 2 is 2.10 bits per heavy atom. The molecular formula is C11H7F3N2O4. The molecule has 6 nitrogen and oxygen atoms in total. The maximum atomic E-state index is 12.5. The van der Waals surface area contributed by atoms with Gasteiger partial charge >= 0.3 is 12.1 Å². The highest BCUT2D eigenvalue weighted by atomic mass is 19.4. The second-order valence-corrected chi connectivity index (χ2v) is 3.61. The molecule has 0 aliphatic carbocycles. The molecule has 1 rings (SSSR count). The van der Waals surface area contributed by atoms with Crippen molar-refractivity contribution in [3.05, 3.63) is 39.4 Å². The predicted octanol–water partition coefficient (Wildman–Crippen LogP) is 2.39. The molecule has 0 unspecified atom stereocenters. The highest BCUT2D eigenvalue weighted by Crippen LogP contribution is 2.35. The standard InChI is InChI=1S/C11H7F3N2O4/c1-20-10(17)8(5-15)7-3-2-6(11(12,13)14)4-9(7)16(18)19/h2-4,8H,1H3/t8-/m0/s1. The van der Waals surface area contributed by atoms with Crippen molar-refractivity contribution in [1.29, 1.82) is 5.26 Å². The highest BCUT2D eigenvalue weighted by molar-refractivity contribution is 5.82. The number of carbonyl (C=O) groups excluding carboxylic acids is 1. The number of hydrogen-bond donors (Lipinski definition) is 0. The van der Waals surface area contributed by atoms with Crippen LogP contribution in [0.5, 0.6) is 0 Å². The third kappa shape index (κ3) is 3.03. The summed E-state index contributed by atoms with van der Waals surface area (Å²) in [5, 5.41) is 19.6. The minimum atomic E-state index is -4.77. The lowest BCUT2D eigenvalue weighted by atomic mass is 9.97. The van der Waals surface area contributed by atoms with Crippen molar-refractivity contribution in [3.8, 4) is 6.07 Å². The Balaban J connectivity index is 3.45. The molecule has 0 aromatic heterocycles. The molecule has 0 saturated carbocycles. The minimum Gasteiger partial charge on any atom is -0.468 e. The maximum absolute atomic E-state index is 12.5. The number of nitriles is 1. The fourth-order valence-corrected chi connectivity index (χ4v) is 1.49. The van der Waals surface area contributed by atoms with Crippen LogP contribution in [0.3, 0.4) is 0 Å². The van der Waals surface area contributed by atoms with Gasteiger partial charge in [0.2, 0.25) is 0 Å². The molecule has 0 bridgehead atoms. The van der Waals surface area contributed by atoms with Crippen molar-refractivity contribution in [2.75, 3.05) is 7.11 Å². The quantitative estimate of drug-likeness (QED) is 0.483. The van der Waals surface area contributed by atoms with E-state index in [4.69, 9.17) is 5.26 Å². The fraction of sp³-hybridized carbons (Fsp3) is 0.273. The van der Waals surface area contributed by atoms with Gasteiger partial charge in [-0.2, -0.15) is 18.4 Å². The van der Waals surface area contributed by atoms with E-state index in [0.717, 1.165) is 13.2 Å². The molecule has 0 aliphatic rings. The van der Waals surface area contributed by atoms with E-state index in [1.54, 1.807) is 0 Å². The normalized spacial score (nSPS) is 12.3. The molecule has 0 amide bonds. The topological polar surface area (TPSA) is 93.2 Å². The highest BCUT2D eigenvalue weighted by Gasteiger charge is 2.35. The van der Waals surface area contributed by atoms with E-state index in [0.29, 0.717) is 6.07 Å². The Morgan fingerprint density at radius 3 is 2.50 bits per heavy atom. The van der Waals surface area contributed by atoms with E-state index >= 15 is 0 Å². The second-order valence-electron chi connectivity index (χ2n) is 3.61. The van der Waals surface area contributed by atoms with E-state index in [2.05, 4.69) is 4.74 Å². The third-order valence-corrected chi connectivity index (χ3v) is 2.43. The third-order valence-electron chi connectivity index (χ3n) is 2.43. The molecular weight excluding hydrogens is 281 g/mol. The summed E-state index contributed by atoms with van der Waals surface area (Å²) in [5.41, 5.74) is -2.65. The number of benzene rings is 1. The van der Waals surface area contributed by atoms with Gasteiger partial charge < -0.3 is 4.74 Å². The number of carbonyl (C=O) groups is 1. The average molecular weight is 288 g/mol. The van der Waals surface area contributed by atoms with Crippen molar-refractivity contribution in [2.45, 2.75) is 12.1 Å². The molecule has 1 aromatic carbocycles. The van der Waals surface area contributed by atoms with Crippen molar-refractivity contribution >= 4 is 11.7 Å². The number of alkyl halides is 3. The number of methoxy groups -OCH3 is 1. The van der Waals surface area contributed by atoms with Crippen molar-refractivity contribution in [1.82, 2.24) is 0 Å². The van der Waals surface area contributed by atoms with Gasteiger partial charge in [-0.1, -0.05) is 0 Å². The molecule has 0 fully saturated rings. The van der Waals surface area contributed by atoms with Crippen LogP contribution < -0.4 is 0 Å². The lowest BCUT2D eigenvalue weighted by molar-refractivity contribution is -0.385. The van der Waals surface area contributed by atoms with E-state index in [1.807, 2.05) is 0 Å². The van der Waals surface area contributed by atoms with Gasteiger partial charge in [0.25, 0.3) is 5.69 Å². The summed E-state index contributed by atoms with van der Waals surface area (Å²) in [7, 11) is 0.961. The van der Waals surface area contributed by atoms with Crippen LogP contribution in [0, 0.1) is 21.4 Å². The van der Waals surface area contributed by atoms with Gasteiger partial charge in [0.05, 0.1) is 29.2 Å². The molecule has 0 aliphatic heterocycles. The Kier molecular flexibility index (Phi) is 4.29.